The number of anilines is 1. The first kappa shape index (κ1) is 15.9. The number of benzene rings is 1. The molecule has 0 fully saturated rings. The van der Waals surface area contributed by atoms with Gasteiger partial charge >= 0.3 is 0 Å². The van der Waals surface area contributed by atoms with E-state index in [1.54, 1.807) is 0 Å². The van der Waals surface area contributed by atoms with Gasteiger partial charge in [-0.1, -0.05) is 12.1 Å². The molecule has 7 heteroatoms. The number of nitrogens with two attached hydrogens (primary N) is 1. The molecule has 0 saturated heterocycles. The molecule has 2 rings (SSSR count). The van der Waals surface area contributed by atoms with E-state index in [2.05, 4.69) is 37.2 Å². The van der Waals surface area contributed by atoms with Crippen molar-refractivity contribution >= 4 is 43.5 Å². The number of carbonyl (C=O) groups is 1. The van der Waals surface area contributed by atoms with E-state index < -0.39 is 0 Å². The standard InChI is InChI=1S/C14H14Br2N2O3/c15-10-7-9(21-14(10)16)8-18-11-3-1-2-4-12(11)20-6-5-13(17)19/h1-4,7,18H,5-6,8H2,(H2,17,19). The van der Waals surface area contributed by atoms with E-state index in [1.165, 1.54) is 0 Å². The first-order valence-electron chi connectivity index (χ1n) is 6.24. The summed E-state index contributed by atoms with van der Waals surface area (Å²) in [5.41, 5.74) is 5.91. The number of para-hydroxylation sites is 2. The molecule has 21 heavy (non-hydrogen) atoms. The Morgan fingerprint density at radius 1 is 1.33 bits per heavy atom. The minimum Gasteiger partial charge on any atom is -0.491 e. The monoisotopic (exact) mass is 416 g/mol. The molecule has 2 aromatic rings. The Bertz CT molecular complexity index is 609. The lowest BCUT2D eigenvalue weighted by molar-refractivity contribution is -0.118. The third-order valence-electron chi connectivity index (χ3n) is 2.64. The van der Waals surface area contributed by atoms with Crippen LogP contribution in [0, 0.1) is 0 Å². The summed E-state index contributed by atoms with van der Waals surface area (Å²) < 4.78 is 12.6. The van der Waals surface area contributed by atoms with Gasteiger partial charge in [-0.05, 0) is 50.1 Å². The number of carbonyl (C=O) groups excluding carboxylic acids is 1. The Kier molecular flexibility index (Phi) is 5.69. The first-order chi connectivity index (χ1) is 10.1. The molecule has 0 atom stereocenters. The Morgan fingerprint density at radius 3 is 2.76 bits per heavy atom. The van der Waals surface area contributed by atoms with Gasteiger partial charge in [-0.15, -0.1) is 0 Å². The van der Waals surface area contributed by atoms with Crippen molar-refractivity contribution in [3.8, 4) is 5.75 Å². The van der Waals surface area contributed by atoms with Crippen molar-refractivity contribution in [3.05, 3.63) is 45.2 Å². The van der Waals surface area contributed by atoms with E-state index in [-0.39, 0.29) is 18.9 Å². The normalized spacial score (nSPS) is 10.4. The highest BCUT2D eigenvalue weighted by Crippen LogP contribution is 2.28. The molecule has 0 spiro atoms. The topological polar surface area (TPSA) is 77.5 Å². The molecule has 5 nitrogen and oxygen atoms in total. The van der Waals surface area contributed by atoms with Gasteiger partial charge in [0, 0.05) is 0 Å². The van der Waals surface area contributed by atoms with E-state index in [9.17, 15) is 4.79 Å². The van der Waals surface area contributed by atoms with Crippen LogP contribution in [-0.4, -0.2) is 12.5 Å². The molecule has 3 N–H and O–H groups in total. The summed E-state index contributed by atoms with van der Waals surface area (Å²) in [4.78, 5) is 10.7. The van der Waals surface area contributed by atoms with Crippen LogP contribution in [0.2, 0.25) is 0 Å². The molecule has 0 aliphatic carbocycles. The van der Waals surface area contributed by atoms with Gasteiger partial charge in [0.2, 0.25) is 5.91 Å². The van der Waals surface area contributed by atoms with Crippen LogP contribution in [0.15, 0.2) is 43.9 Å². The smallest absolute Gasteiger partial charge is 0.220 e. The zero-order valence-electron chi connectivity index (χ0n) is 11.1. The zero-order chi connectivity index (χ0) is 15.2. The van der Waals surface area contributed by atoms with Gasteiger partial charge in [-0.2, -0.15) is 0 Å². The molecule has 0 aliphatic rings. The van der Waals surface area contributed by atoms with Crippen LogP contribution < -0.4 is 15.8 Å². The Balaban J connectivity index is 1.97. The molecule has 0 unspecified atom stereocenters. The molecule has 0 bridgehead atoms. The molecular formula is C14H14Br2N2O3. The number of ether oxygens (including phenoxy) is 1. The van der Waals surface area contributed by atoms with Crippen LogP contribution >= 0.6 is 31.9 Å². The van der Waals surface area contributed by atoms with Crippen molar-refractivity contribution in [1.82, 2.24) is 0 Å². The second kappa shape index (κ2) is 7.51. The minimum atomic E-state index is -0.384. The number of nitrogens with one attached hydrogen (secondary N) is 1. The molecular weight excluding hydrogens is 404 g/mol. The molecule has 1 aromatic heterocycles. The Hall–Kier alpha value is -1.47. The van der Waals surface area contributed by atoms with Gasteiger partial charge in [0.25, 0.3) is 0 Å². The fourth-order valence-electron chi connectivity index (χ4n) is 1.66. The minimum absolute atomic E-state index is 0.187. The van der Waals surface area contributed by atoms with Crippen molar-refractivity contribution in [2.24, 2.45) is 5.73 Å². The summed E-state index contributed by atoms with van der Waals surface area (Å²) in [6.45, 7) is 0.770. The van der Waals surface area contributed by atoms with Crippen LogP contribution in [0.5, 0.6) is 5.75 Å². The second-order valence-corrected chi connectivity index (χ2v) is 5.82. The van der Waals surface area contributed by atoms with Crippen LogP contribution in [-0.2, 0) is 11.3 Å². The van der Waals surface area contributed by atoms with Gasteiger partial charge in [-0.25, -0.2) is 0 Å². The van der Waals surface area contributed by atoms with E-state index in [1.807, 2.05) is 30.3 Å². The Labute approximate surface area is 139 Å². The number of rotatable bonds is 7. The van der Waals surface area contributed by atoms with Crippen LogP contribution in [0.3, 0.4) is 0 Å². The quantitative estimate of drug-likeness (QED) is 0.720. The predicted octanol–water partition coefficient (Wildman–Crippen LogP) is 3.67. The average Bonchev–Trinajstić information content (AvgIpc) is 2.76. The number of furan rings is 1. The lowest BCUT2D eigenvalue weighted by Gasteiger charge is -2.12. The van der Waals surface area contributed by atoms with E-state index in [4.69, 9.17) is 14.9 Å². The summed E-state index contributed by atoms with van der Waals surface area (Å²) >= 11 is 6.66. The number of halogens is 2. The number of hydrogen-bond acceptors (Lipinski definition) is 4. The summed E-state index contributed by atoms with van der Waals surface area (Å²) in [5.74, 6) is 1.06. The van der Waals surface area contributed by atoms with E-state index in [0.717, 1.165) is 15.9 Å². The van der Waals surface area contributed by atoms with Gasteiger partial charge in [0.1, 0.15) is 11.5 Å². The highest BCUT2D eigenvalue weighted by atomic mass is 79.9. The number of primary amides is 1. The highest BCUT2D eigenvalue weighted by molar-refractivity contribution is 9.13. The predicted molar refractivity (Wildman–Crippen MR) is 87.2 cm³/mol. The third kappa shape index (κ3) is 4.78. The first-order valence-corrected chi connectivity index (χ1v) is 7.82. The SMILES string of the molecule is NC(=O)CCOc1ccccc1NCc1cc(Br)c(Br)o1. The lowest BCUT2D eigenvalue weighted by Crippen LogP contribution is -2.15. The summed E-state index contributed by atoms with van der Waals surface area (Å²) in [7, 11) is 0. The fourth-order valence-corrected chi connectivity index (χ4v) is 2.32. The molecule has 1 heterocycles. The van der Waals surface area contributed by atoms with Crippen LogP contribution in [0.25, 0.3) is 0 Å². The molecule has 112 valence electrons. The maximum absolute atomic E-state index is 10.7. The number of hydrogen-bond donors (Lipinski definition) is 2. The summed E-state index contributed by atoms with van der Waals surface area (Å²) in [6, 6.07) is 9.37. The maximum Gasteiger partial charge on any atom is 0.220 e. The molecule has 0 saturated carbocycles. The van der Waals surface area contributed by atoms with Crippen LogP contribution in [0.1, 0.15) is 12.2 Å². The maximum atomic E-state index is 10.7. The molecule has 0 aliphatic heterocycles. The largest absolute Gasteiger partial charge is 0.491 e. The van der Waals surface area contributed by atoms with Crippen molar-refractivity contribution in [2.45, 2.75) is 13.0 Å². The van der Waals surface area contributed by atoms with Gasteiger partial charge in [-0.3, -0.25) is 4.79 Å². The van der Waals surface area contributed by atoms with Gasteiger partial charge in [0.15, 0.2) is 4.67 Å². The summed E-state index contributed by atoms with van der Waals surface area (Å²) in [5, 5.41) is 3.23. The lowest BCUT2D eigenvalue weighted by atomic mass is 10.3. The Morgan fingerprint density at radius 2 is 2.10 bits per heavy atom. The van der Waals surface area contributed by atoms with E-state index >= 15 is 0 Å². The van der Waals surface area contributed by atoms with Crippen molar-refractivity contribution in [3.63, 3.8) is 0 Å². The molecule has 0 radical (unpaired) electrons. The second-order valence-electron chi connectivity index (χ2n) is 4.25. The zero-order valence-corrected chi connectivity index (χ0v) is 14.2. The van der Waals surface area contributed by atoms with E-state index in [0.29, 0.717) is 17.0 Å². The fraction of sp³-hybridized carbons (Fsp3) is 0.214. The van der Waals surface area contributed by atoms with Gasteiger partial charge < -0.3 is 20.2 Å². The van der Waals surface area contributed by atoms with Crippen molar-refractivity contribution in [2.75, 3.05) is 11.9 Å². The van der Waals surface area contributed by atoms with Crippen LogP contribution in [0.4, 0.5) is 5.69 Å². The number of amides is 1. The van der Waals surface area contributed by atoms with Crippen molar-refractivity contribution < 1.29 is 13.9 Å². The third-order valence-corrected chi connectivity index (χ3v) is 4.35. The highest BCUT2D eigenvalue weighted by Gasteiger charge is 2.08. The summed E-state index contributed by atoms with van der Waals surface area (Å²) in [6.07, 6.45) is 0.187. The van der Waals surface area contributed by atoms with Crippen molar-refractivity contribution in [1.29, 1.82) is 0 Å². The molecule has 1 amide bonds. The molecule has 1 aromatic carbocycles. The van der Waals surface area contributed by atoms with Gasteiger partial charge in [0.05, 0.1) is 29.7 Å². The average molecular weight is 418 g/mol.